The van der Waals surface area contributed by atoms with Gasteiger partial charge >= 0.3 is 70.9 Å². The Kier molecular flexibility index (Phi) is 24.1. The van der Waals surface area contributed by atoms with E-state index in [0.29, 0.717) is 6.42 Å². The lowest BCUT2D eigenvalue weighted by Crippen LogP contribution is -2.49. The Hall–Kier alpha value is -5.92. The topological polar surface area (TPSA) is 319 Å². The Bertz CT molecular complexity index is 1850. The van der Waals surface area contributed by atoms with E-state index in [1.54, 1.807) is 13.8 Å². The molecule has 6 rings (SSSR count). The van der Waals surface area contributed by atoms with E-state index in [0.717, 1.165) is 59.0 Å². The zero-order valence-electron chi connectivity index (χ0n) is 37.3. The smallest absolute Gasteiger partial charge is 0.430 e. The van der Waals surface area contributed by atoms with E-state index in [-0.39, 0.29) is 59.3 Å². The van der Waals surface area contributed by atoms with Crippen LogP contribution in [0, 0.1) is 17.8 Å². The fourth-order valence-electron chi connectivity index (χ4n) is 5.51. The second kappa shape index (κ2) is 27.4. The molecule has 0 N–H and O–H groups in total. The van der Waals surface area contributed by atoms with E-state index >= 15 is 0 Å². The summed E-state index contributed by atoms with van der Waals surface area (Å²) in [5, 5.41) is -1.10. The minimum Gasteiger partial charge on any atom is -0.430 e. The quantitative estimate of drug-likeness (QED) is 0.183. The summed E-state index contributed by atoms with van der Waals surface area (Å²) in [6.45, 7) is 17.1. The number of hydrogen-bond acceptors (Lipinski definition) is 24. The van der Waals surface area contributed by atoms with E-state index in [4.69, 9.17) is 0 Å². The number of imide groups is 2. The van der Waals surface area contributed by atoms with Crippen molar-refractivity contribution in [3.05, 3.63) is 0 Å². The molecule has 6 saturated heterocycles. The summed E-state index contributed by atoms with van der Waals surface area (Å²) >= 11 is 2.08. The molecular weight excluding hydrogens is 913 g/mol. The zero-order valence-corrected chi connectivity index (χ0v) is 38.9. The maximum Gasteiger partial charge on any atom is 0.517 e. The highest BCUT2D eigenvalue weighted by Gasteiger charge is 2.43. The fourth-order valence-corrected chi connectivity index (χ4v) is 7.27. The first-order valence-corrected chi connectivity index (χ1v) is 21.8. The highest BCUT2D eigenvalue weighted by molar-refractivity contribution is 8.15. The molecule has 6 heterocycles. The standard InChI is InChI=1S/C10H15NO4.C7H9NO4.C7H10O3S.C6H8O3S.C5H6O4.C4H4O4/c1-4-6(2)8-5-11(7(3)12)10(14)15-9(8)13;1-3-5-6(10)12-7(11)8(5)4(2)9;1-3-5-4(2)11-7(9)10-6(5)8;1-2-3-4-5(7)9-6(8)10-4;1-3-2-4(6)9-5(7)8-3;1-2-3(5)8-4(6)7-2/h6,8H,4-5H2,1-3H3;5H,3H2,1-2H3;4-5H,3H2,1-2H3;4H,2-3H2,1H3;3H,2H2,1H3;2H,1H3. The minimum atomic E-state index is -0.900. The molecule has 26 heteroatoms. The fraction of sp³-hybridized carbons (Fsp3) is 0.641. The molecule has 65 heavy (non-hydrogen) atoms. The van der Waals surface area contributed by atoms with Crippen LogP contribution in [0.4, 0.5) is 28.8 Å². The van der Waals surface area contributed by atoms with Crippen LogP contribution < -0.4 is 0 Å². The molecular formula is C39H52N2O22S2. The number of rotatable bonds is 6. The predicted octanol–water partition coefficient (Wildman–Crippen LogP) is 5.37. The highest BCUT2D eigenvalue weighted by Crippen LogP contribution is 2.30. The molecule has 6 aliphatic rings. The predicted molar refractivity (Wildman–Crippen MR) is 219 cm³/mol. The number of esters is 6. The Morgan fingerprint density at radius 2 is 1.22 bits per heavy atom. The first-order chi connectivity index (χ1) is 30.3. The number of hydrogen-bond donors (Lipinski definition) is 0. The molecule has 0 bridgehead atoms. The molecule has 0 radical (unpaired) electrons. The van der Waals surface area contributed by atoms with Crippen LogP contribution >= 0.6 is 23.5 Å². The number of amides is 4. The second-order valence-corrected chi connectivity index (χ2v) is 16.6. The second-order valence-electron chi connectivity index (χ2n) is 14.2. The van der Waals surface area contributed by atoms with Gasteiger partial charge in [0.1, 0.15) is 17.4 Å². The highest BCUT2D eigenvalue weighted by atomic mass is 32.2. The number of cyclic esters (lactones) is 14. The molecule has 0 aromatic heterocycles. The molecule has 8 atom stereocenters. The molecule has 8 unspecified atom stereocenters. The third kappa shape index (κ3) is 18.6. The van der Waals surface area contributed by atoms with Crippen LogP contribution in [0.5, 0.6) is 0 Å². The van der Waals surface area contributed by atoms with Gasteiger partial charge in [-0.25, -0.2) is 48.2 Å². The SMILES string of the molecule is CC1CC(=O)OC(=O)O1.CC1OC(=O)OC1=O.CCC(C)C1CN(C(C)=O)C(=O)OC1=O.CCC1C(=O)OC(=O)N1C(C)=O.CCC1C(=O)OC(=O)SC1C.CCCC1SC(=O)OC1=O. The lowest BCUT2D eigenvalue weighted by molar-refractivity contribution is -0.153. The van der Waals surface area contributed by atoms with Gasteiger partial charge in [0, 0.05) is 25.6 Å². The molecule has 24 nitrogen and oxygen atoms in total. The summed E-state index contributed by atoms with van der Waals surface area (Å²) < 4.78 is 34.3. The molecule has 362 valence electrons. The molecule has 0 saturated carbocycles. The van der Waals surface area contributed by atoms with Gasteiger partial charge in [0.05, 0.1) is 18.3 Å². The average molecular weight is 965 g/mol. The van der Waals surface area contributed by atoms with Crippen molar-refractivity contribution in [3.8, 4) is 0 Å². The van der Waals surface area contributed by atoms with Crippen molar-refractivity contribution in [2.75, 3.05) is 6.54 Å². The third-order valence-electron chi connectivity index (χ3n) is 9.24. The normalized spacial score (nSPS) is 26.0. The Labute approximate surface area is 381 Å². The Morgan fingerprint density at radius 1 is 0.646 bits per heavy atom. The van der Waals surface area contributed by atoms with E-state index in [1.165, 1.54) is 20.8 Å². The summed E-state index contributed by atoms with van der Waals surface area (Å²) in [4.78, 5) is 152. The maximum atomic E-state index is 11.4. The van der Waals surface area contributed by atoms with Gasteiger partial charge in [-0.1, -0.05) is 54.4 Å². The number of nitrogens with zero attached hydrogens (tertiary/aromatic N) is 2. The van der Waals surface area contributed by atoms with Gasteiger partial charge in [-0.2, -0.15) is 0 Å². The van der Waals surface area contributed by atoms with Crippen molar-refractivity contribution in [2.45, 2.75) is 137 Å². The van der Waals surface area contributed by atoms with E-state index in [2.05, 4.69) is 37.9 Å². The van der Waals surface area contributed by atoms with Crippen molar-refractivity contribution in [2.24, 2.45) is 17.8 Å². The first kappa shape index (κ1) is 57.1. The zero-order chi connectivity index (χ0) is 49.9. The van der Waals surface area contributed by atoms with Crippen LogP contribution in [-0.2, 0) is 76.3 Å². The van der Waals surface area contributed by atoms with Gasteiger partial charge in [-0.15, -0.1) is 0 Å². The summed E-state index contributed by atoms with van der Waals surface area (Å²) in [5.41, 5.74) is 0. The lowest BCUT2D eigenvalue weighted by atomic mass is 9.90. The molecule has 0 aliphatic carbocycles. The van der Waals surface area contributed by atoms with Crippen LogP contribution in [0.1, 0.15) is 108 Å². The lowest BCUT2D eigenvalue weighted by Gasteiger charge is -2.31. The van der Waals surface area contributed by atoms with Crippen molar-refractivity contribution in [1.29, 1.82) is 0 Å². The molecule has 0 spiro atoms. The van der Waals surface area contributed by atoms with Crippen molar-refractivity contribution < 1.29 is 105 Å². The van der Waals surface area contributed by atoms with Gasteiger partial charge in [0.2, 0.25) is 11.8 Å². The van der Waals surface area contributed by atoms with Gasteiger partial charge in [0.15, 0.2) is 6.10 Å². The van der Waals surface area contributed by atoms with E-state index in [9.17, 15) is 67.1 Å². The van der Waals surface area contributed by atoms with E-state index < -0.39 is 82.9 Å². The largest absolute Gasteiger partial charge is 0.517 e. The van der Waals surface area contributed by atoms with Gasteiger partial charge in [-0.05, 0) is 62.6 Å². The van der Waals surface area contributed by atoms with Crippen LogP contribution in [0.25, 0.3) is 0 Å². The van der Waals surface area contributed by atoms with E-state index in [1.807, 2.05) is 34.6 Å². The van der Waals surface area contributed by atoms with Crippen molar-refractivity contribution in [3.63, 3.8) is 0 Å². The van der Waals surface area contributed by atoms with Crippen LogP contribution in [-0.4, -0.2) is 128 Å². The van der Waals surface area contributed by atoms with Crippen molar-refractivity contribution >= 4 is 106 Å². The average Bonchev–Trinajstić information content (AvgIpc) is 3.79. The number of carbonyl (C=O) groups excluding carboxylic acids is 14. The van der Waals surface area contributed by atoms with Gasteiger partial charge < -0.3 is 37.9 Å². The van der Waals surface area contributed by atoms with Crippen molar-refractivity contribution in [1.82, 2.24) is 9.80 Å². The van der Waals surface area contributed by atoms with Crippen LogP contribution in [0.3, 0.4) is 0 Å². The molecule has 4 amide bonds. The van der Waals surface area contributed by atoms with Gasteiger partial charge in [0.25, 0.3) is 0 Å². The summed E-state index contributed by atoms with van der Waals surface area (Å²) in [6, 6.07) is -0.727. The number of thioether (sulfide) groups is 2. The Balaban J connectivity index is 0.000000394. The monoisotopic (exact) mass is 964 g/mol. The number of ether oxygens (including phenoxy) is 8. The molecule has 6 aliphatic heterocycles. The molecule has 0 aromatic rings. The summed E-state index contributed by atoms with van der Waals surface area (Å²) in [6.07, 6.45) is -0.834. The first-order valence-electron chi connectivity index (χ1n) is 20.1. The van der Waals surface area contributed by atoms with Crippen LogP contribution in [0.15, 0.2) is 0 Å². The maximum absolute atomic E-state index is 11.4. The summed E-state index contributed by atoms with van der Waals surface area (Å²) in [5.74, 6) is -4.29. The number of carbonyl (C=O) groups is 14. The van der Waals surface area contributed by atoms with Crippen LogP contribution in [0.2, 0.25) is 0 Å². The molecule has 0 aromatic carbocycles. The summed E-state index contributed by atoms with van der Waals surface area (Å²) in [7, 11) is 0. The minimum absolute atomic E-state index is 0.0637. The van der Waals surface area contributed by atoms with Gasteiger partial charge in [-0.3, -0.25) is 28.8 Å². The Morgan fingerprint density at radius 3 is 1.60 bits per heavy atom. The molecule has 6 fully saturated rings. The third-order valence-corrected chi connectivity index (χ3v) is 11.2.